The molecular formula is C15H15BNO. The van der Waals surface area contributed by atoms with Gasteiger partial charge in [0.05, 0.1) is 6.61 Å². The molecule has 2 aromatic carbocycles. The first-order valence-electron chi connectivity index (χ1n) is 6.30. The fourth-order valence-electron chi connectivity index (χ4n) is 2.15. The minimum atomic E-state index is 0.783. The van der Waals surface area contributed by atoms with Gasteiger partial charge in [-0.1, -0.05) is 42.5 Å². The summed E-state index contributed by atoms with van der Waals surface area (Å²) >= 11 is 0. The van der Waals surface area contributed by atoms with Gasteiger partial charge in [-0.3, -0.25) is 4.84 Å². The van der Waals surface area contributed by atoms with Crippen molar-refractivity contribution in [3.63, 3.8) is 0 Å². The standard InChI is InChI=1S/C15H15BNO/c1-2-4-13(5-3-1)12-14-6-8-15(9-7-14)17-16-10-11-18-17/h1-9H,10-12H2. The number of rotatable bonds is 3. The van der Waals surface area contributed by atoms with E-state index in [4.69, 9.17) is 4.84 Å². The summed E-state index contributed by atoms with van der Waals surface area (Å²) in [5, 5.41) is 0. The molecule has 0 amide bonds. The highest BCUT2D eigenvalue weighted by atomic mass is 16.7. The van der Waals surface area contributed by atoms with Crippen LogP contribution in [0.15, 0.2) is 54.6 Å². The molecule has 0 spiro atoms. The average Bonchev–Trinajstić information content (AvgIpc) is 2.95. The number of benzene rings is 2. The third-order valence-electron chi connectivity index (χ3n) is 3.09. The smallest absolute Gasteiger partial charge is 0.288 e. The molecule has 1 saturated heterocycles. The molecule has 2 aromatic rings. The first-order chi connectivity index (χ1) is 8.92. The van der Waals surface area contributed by atoms with Crippen molar-refractivity contribution in [1.82, 2.24) is 0 Å². The highest BCUT2D eigenvalue weighted by Crippen LogP contribution is 2.19. The van der Waals surface area contributed by atoms with Gasteiger partial charge >= 0.3 is 0 Å². The highest BCUT2D eigenvalue weighted by molar-refractivity contribution is 6.41. The lowest BCUT2D eigenvalue weighted by Crippen LogP contribution is -2.18. The molecule has 0 atom stereocenters. The lowest BCUT2D eigenvalue weighted by atomic mass is 9.90. The van der Waals surface area contributed by atoms with Crippen molar-refractivity contribution in [2.45, 2.75) is 12.7 Å². The van der Waals surface area contributed by atoms with Crippen LogP contribution in [-0.4, -0.2) is 14.0 Å². The predicted octanol–water partition coefficient (Wildman–Crippen LogP) is 3.07. The van der Waals surface area contributed by atoms with Crippen molar-refractivity contribution in [3.8, 4) is 0 Å². The second kappa shape index (κ2) is 5.28. The van der Waals surface area contributed by atoms with Gasteiger partial charge in [0.2, 0.25) is 0 Å². The van der Waals surface area contributed by atoms with Crippen LogP contribution in [0, 0.1) is 0 Å². The SMILES string of the molecule is [B]1CCON1c1ccc(Cc2ccccc2)cc1. The third-order valence-corrected chi connectivity index (χ3v) is 3.09. The van der Waals surface area contributed by atoms with Crippen molar-refractivity contribution in [2.75, 3.05) is 11.6 Å². The van der Waals surface area contributed by atoms with E-state index >= 15 is 0 Å². The zero-order chi connectivity index (χ0) is 12.2. The van der Waals surface area contributed by atoms with E-state index in [0.717, 1.165) is 25.0 Å². The molecule has 0 aromatic heterocycles. The molecule has 0 N–H and O–H groups in total. The van der Waals surface area contributed by atoms with Gasteiger partial charge in [0.15, 0.2) is 0 Å². The summed E-state index contributed by atoms with van der Waals surface area (Å²) in [5.74, 6) is 0. The minimum Gasteiger partial charge on any atom is -0.306 e. The van der Waals surface area contributed by atoms with Crippen LogP contribution in [-0.2, 0) is 11.3 Å². The zero-order valence-electron chi connectivity index (χ0n) is 10.3. The molecule has 1 fully saturated rings. The quantitative estimate of drug-likeness (QED) is 0.759. The van der Waals surface area contributed by atoms with Crippen molar-refractivity contribution in [3.05, 3.63) is 65.7 Å². The molecule has 3 heteroatoms. The van der Waals surface area contributed by atoms with Gasteiger partial charge in [0.1, 0.15) is 0 Å². The Kier molecular flexibility index (Phi) is 3.33. The molecule has 1 heterocycles. The molecular weight excluding hydrogens is 221 g/mol. The molecule has 0 bridgehead atoms. The fourth-order valence-corrected chi connectivity index (χ4v) is 2.15. The van der Waals surface area contributed by atoms with E-state index in [0.29, 0.717) is 0 Å². The van der Waals surface area contributed by atoms with E-state index in [1.807, 2.05) is 11.0 Å². The predicted molar refractivity (Wildman–Crippen MR) is 74.7 cm³/mol. The normalized spacial score (nSPS) is 14.6. The number of hydrogen-bond acceptors (Lipinski definition) is 2. The summed E-state index contributed by atoms with van der Waals surface area (Å²) in [5.41, 5.74) is 3.77. The molecule has 89 valence electrons. The Labute approximate surface area is 108 Å². The first kappa shape index (κ1) is 11.4. The van der Waals surface area contributed by atoms with E-state index in [9.17, 15) is 0 Å². The van der Waals surface area contributed by atoms with Gasteiger partial charge in [-0.15, -0.1) is 0 Å². The van der Waals surface area contributed by atoms with E-state index < -0.39 is 0 Å². The Morgan fingerprint density at radius 3 is 2.33 bits per heavy atom. The molecule has 1 aliphatic heterocycles. The fraction of sp³-hybridized carbons (Fsp3) is 0.200. The van der Waals surface area contributed by atoms with Crippen LogP contribution < -0.4 is 4.97 Å². The molecule has 2 nitrogen and oxygen atoms in total. The summed E-state index contributed by atoms with van der Waals surface area (Å²) < 4.78 is 0. The Hall–Kier alpha value is -1.74. The molecule has 3 rings (SSSR count). The molecule has 1 aliphatic rings. The Balaban J connectivity index is 1.71. The van der Waals surface area contributed by atoms with E-state index in [-0.39, 0.29) is 0 Å². The van der Waals surface area contributed by atoms with Gasteiger partial charge in [-0.2, -0.15) is 0 Å². The third kappa shape index (κ3) is 2.57. The summed E-state index contributed by atoms with van der Waals surface area (Å²) in [6.07, 6.45) is 1.97. The Morgan fingerprint density at radius 2 is 1.67 bits per heavy atom. The largest absolute Gasteiger partial charge is 0.306 e. The lowest BCUT2D eigenvalue weighted by Gasteiger charge is -2.16. The van der Waals surface area contributed by atoms with Gasteiger partial charge in [-0.25, -0.2) is 0 Å². The molecule has 18 heavy (non-hydrogen) atoms. The van der Waals surface area contributed by atoms with Gasteiger partial charge in [0.25, 0.3) is 7.41 Å². The van der Waals surface area contributed by atoms with Gasteiger partial charge in [0, 0.05) is 5.69 Å². The van der Waals surface area contributed by atoms with E-state index in [2.05, 4.69) is 55.9 Å². The maximum Gasteiger partial charge on any atom is 0.288 e. The monoisotopic (exact) mass is 236 g/mol. The molecule has 0 unspecified atom stereocenters. The van der Waals surface area contributed by atoms with Gasteiger partial charge in [-0.05, 0) is 36.0 Å². The highest BCUT2D eigenvalue weighted by Gasteiger charge is 2.14. The number of anilines is 1. The summed E-state index contributed by atoms with van der Waals surface area (Å²) in [6, 6.07) is 19.1. The molecule has 1 radical (unpaired) electrons. The molecule has 0 aliphatic carbocycles. The number of hydrogen-bond donors (Lipinski definition) is 0. The summed E-state index contributed by atoms with van der Waals surface area (Å²) in [6.45, 7) is 0.783. The topological polar surface area (TPSA) is 12.5 Å². The summed E-state index contributed by atoms with van der Waals surface area (Å²) in [7, 11) is 2.08. The average molecular weight is 236 g/mol. The van der Waals surface area contributed by atoms with Crippen LogP contribution in [0.3, 0.4) is 0 Å². The molecule has 0 saturated carbocycles. The maximum atomic E-state index is 5.47. The van der Waals surface area contributed by atoms with Crippen LogP contribution in [0.1, 0.15) is 11.1 Å². The lowest BCUT2D eigenvalue weighted by molar-refractivity contribution is 0.185. The summed E-state index contributed by atoms with van der Waals surface area (Å²) in [4.78, 5) is 7.33. The van der Waals surface area contributed by atoms with Crippen LogP contribution in [0.2, 0.25) is 6.32 Å². The maximum absolute atomic E-state index is 5.47. The van der Waals surface area contributed by atoms with Crippen molar-refractivity contribution >= 4 is 13.1 Å². The first-order valence-corrected chi connectivity index (χ1v) is 6.30. The Bertz CT molecular complexity index is 492. The Morgan fingerprint density at radius 1 is 0.944 bits per heavy atom. The second-order valence-electron chi connectivity index (χ2n) is 4.46. The zero-order valence-corrected chi connectivity index (χ0v) is 10.3. The van der Waals surface area contributed by atoms with Crippen molar-refractivity contribution < 1.29 is 4.84 Å². The van der Waals surface area contributed by atoms with Crippen LogP contribution in [0.25, 0.3) is 0 Å². The van der Waals surface area contributed by atoms with Crippen molar-refractivity contribution in [2.24, 2.45) is 0 Å². The van der Waals surface area contributed by atoms with Crippen LogP contribution in [0.5, 0.6) is 0 Å². The van der Waals surface area contributed by atoms with Gasteiger partial charge < -0.3 is 4.97 Å². The minimum absolute atomic E-state index is 0.783. The van der Waals surface area contributed by atoms with Crippen LogP contribution >= 0.6 is 0 Å². The second-order valence-corrected chi connectivity index (χ2v) is 4.46. The van der Waals surface area contributed by atoms with E-state index in [1.165, 1.54) is 11.1 Å². The number of nitrogens with zero attached hydrogens (tertiary/aromatic N) is 1. The van der Waals surface area contributed by atoms with E-state index in [1.54, 1.807) is 0 Å². The van der Waals surface area contributed by atoms with Crippen molar-refractivity contribution in [1.29, 1.82) is 0 Å². The van der Waals surface area contributed by atoms with Crippen LogP contribution in [0.4, 0.5) is 5.69 Å².